The molecule has 3 aromatic carbocycles. The van der Waals surface area contributed by atoms with Crippen LogP contribution in [0.1, 0.15) is 6.92 Å². The van der Waals surface area contributed by atoms with Gasteiger partial charge in [-0.25, -0.2) is 0 Å². The van der Waals surface area contributed by atoms with Crippen molar-refractivity contribution in [1.82, 2.24) is 0 Å². The average Bonchev–Trinajstić information content (AvgIpc) is 2.44. The van der Waals surface area contributed by atoms with Crippen LogP contribution in [0.2, 0.25) is 0 Å². The predicted molar refractivity (Wildman–Crippen MR) is 84.3 cm³/mol. The maximum atomic E-state index is 11.9. The molecule has 0 aliphatic rings. The van der Waals surface area contributed by atoms with E-state index in [2.05, 4.69) is 0 Å². The van der Waals surface area contributed by atoms with E-state index in [1.807, 2.05) is 42.5 Å². The van der Waals surface area contributed by atoms with Crippen molar-refractivity contribution in [1.29, 1.82) is 0 Å². The van der Waals surface area contributed by atoms with Gasteiger partial charge in [0, 0.05) is 5.39 Å². The molecule has 0 heterocycles. The molecule has 0 amide bonds. The van der Waals surface area contributed by atoms with Crippen LogP contribution in [0.15, 0.2) is 48.5 Å². The van der Waals surface area contributed by atoms with Gasteiger partial charge in [-0.05, 0) is 41.3 Å². The molecule has 5 heteroatoms. The summed E-state index contributed by atoms with van der Waals surface area (Å²) in [5.74, 6) is 0.244. The summed E-state index contributed by atoms with van der Waals surface area (Å²) in [6.07, 6.45) is 0. The third-order valence-electron chi connectivity index (χ3n) is 3.41. The second-order valence-corrected chi connectivity index (χ2v) is 6.35. The summed E-state index contributed by atoms with van der Waals surface area (Å²) in [4.78, 5) is 19.4. The topological polar surface area (TPSA) is 66.8 Å². The summed E-state index contributed by atoms with van der Waals surface area (Å²) < 4.78 is 17.3. The van der Waals surface area contributed by atoms with Gasteiger partial charge in [0.1, 0.15) is 11.1 Å². The highest BCUT2D eigenvalue weighted by atomic mass is 31.2. The van der Waals surface area contributed by atoms with E-state index in [-0.39, 0.29) is 11.1 Å². The molecule has 0 fully saturated rings. The maximum absolute atomic E-state index is 11.9. The monoisotopic (exact) mass is 302 g/mol. The lowest BCUT2D eigenvalue weighted by Crippen LogP contribution is -2.11. The van der Waals surface area contributed by atoms with Gasteiger partial charge in [0.2, 0.25) is 0 Å². The Kier molecular flexibility index (Phi) is 3.46. The van der Waals surface area contributed by atoms with Crippen molar-refractivity contribution < 1.29 is 19.1 Å². The van der Waals surface area contributed by atoms with Crippen molar-refractivity contribution in [2.45, 2.75) is 6.92 Å². The molecular formula is C16H15O4P. The van der Waals surface area contributed by atoms with Gasteiger partial charge in [-0.1, -0.05) is 30.3 Å². The largest absolute Gasteiger partial charge is 0.493 e. The van der Waals surface area contributed by atoms with Crippen LogP contribution in [0.25, 0.3) is 21.5 Å². The van der Waals surface area contributed by atoms with Crippen LogP contribution in [-0.4, -0.2) is 16.4 Å². The van der Waals surface area contributed by atoms with Crippen molar-refractivity contribution >= 4 is 34.4 Å². The van der Waals surface area contributed by atoms with Gasteiger partial charge in [0.15, 0.2) is 0 Å². The summed E-state index contributed by atoms with van der Waals surface area (Å²) in [5, 5.41) is 3.26. The van der Waals surface area contributed by atoms with Crippen molar-refractivity contribution in [2.24, 2.45) is 0 Å². The van der Waals surface area contributed by atoms with Crippen molar-refractivity contribution in [3.05, 3.63) is 48.5 Å². The summed E-state index contributed by atoms with van der Waals surface area (Å²) >= 11 is 0. The molecule has 3 rings (SSSR count). The summed E-state index contributed by atoms with van der Waals surface area (Å²) in [5.41, 5.74) is 0. The fourth-order valence-electron chi connectivity index (χ4n) is 2.55. The zero-order chi connectivity index (χ0) is 15.0. The minimum atomic E-state index is -4.43. The Morgan fingerprint density at radius 2 is 1.67 bits per heavy atom. The molecule has 0 unspecified atom stereocenters. The molecule has 4 nitrogen and oxygen atoms in total. The third-order valence-corrected chi connectivity index (χ3v) is 4.46. The highest BCUT2D eigenvalue weighted by Crippen LogP contribution is 2.41. The molecule has 0 spiro atoms. The molecule has 0 radical (unpaired) electrons. The van der Waals surface area contributed by atoms with Crippen molar-refractivity contribution in [2.75, 3.05) is 6.61 Å². The second kappa shape index (κ2) is 5.15. The van der Waals surface area contributed by atoms with E-state index < -0.39 is 7.60 Å². The van der Waals surface area contributed by atoms with Crippen LogP contribution in [0, 0.1) is 0 Å². The number of fused-ring (bicyclic) bond motifs is 2. The van der Waals surface area contributed by atoms with Crippen molar-refractivity contribution in [3.63, 3.8) is 0 Å². The molecule has 2 N–H and O–H groups in total. The summed E-state index contributed by atoms with van der Waals surface area (Å²) in [6, 6.07) is 14.9. The molecule has 0 aliphatic heterocycles. The zero-order valence-electron chi connectivity index (χ0n) is 11.5. The first-order valence-electron chi connectivity index (χ1n) is 6.65. The maximum Gasteiger partial charge on any atom is 0.360 e. The van der Waals surface area contributed by atoms with E-state index in [4.69, 9.17) is 4.74 Å². The zero-order valence-corrected chi connectivity index (χ0v) is 12.4. The highest BCUT2D eigenvalue weighted by Gasteiger charge is 2.26. The molecular weight excluding hydrogens is 287 g/mol. The smallest absolute Gasteiger partial charge is 0.360 e. The molecule has 21 heavy (non-hydrogen) atoms. The Morgan fingerprint density at radius 3 is 2.29 bits per heavy atom. The Bertz CT molecular complexity index is 867. The van der Waals surface area contributed by atoms with Crippen LogP contribution >= 0.6 is 7.60 Å². The fourth-order valence-corrected chi connectivity index (χ4v) is 3.48. The fraction of sp³-hybridized carbons (Fsp3) is 0.125. The molecule has 0 atom stereocenters. The highest BCUT2D eigenvalue weighted by molar-refractivity contribution is 7.61. The van der Waals surface area contributed by atoms with Gasteiger partial charge in [-0.2, -0.15) is 0 Å². The van der Waals surface area contributed by atoms with Crippen LogP contribution in [0.4, 0.5) is 0 Å². The van der Waals surface area contributed by atoms with Crippen LogP contribution in [-0.2, 0) is 4.57 Å². The van der Waals surface area contributed by atoms with E-state index in [1.165, 1.54) is 0 Å². The van der Waals surface area contributed by atoms with Gasteiger partial charge < -0.3 is 14.5 Å². The SMILES string of the molecule is CCOc1ccc2cc3ccccc3cc2c1P(=O)(O)O. The molecule has 0 saturated carbocycles. The van der Waals surface area contributed by atoms with E-state index in [1.54, 1.807) is 13.0 Å². The number of rotatable bonds is 3. The van der Waals surface area contributed by atoms with E-state index in [0.29, 0.717) is 12.0 Å². The van der Waals surface area contributed by atoms with Crippen LogP contribution < -0.4 is 10.0 Å². The van der Waals surface area contributed by atoms with E-state index in [9.17, 15) is 14.4 Å². The third kappa shape index (κ3) is 2.54. The van der Waals surface area contributed by atoms with E-state index >= 15 is 0 Å². The number of hydrogen-bond donors (Lipinski definition) is 2. The molecule has 0 aliphatic carbocycles. The minimum absolute atomic E-state index is 0.0346. The van der Waals surface area contributed by atoms with Gasteiger partial charge in [0.25, 0.3) is 0 Å². The Hall–Kier alpha value is -1.87. The van der Waals surface area contributed by atoms with Crippen LogP contribution in [0.5, 0.6) is 5.75 Å². The molecule has 3 aromatic rings. The Morgan fingerprint density at radius 1 is 1.00 bits per heavy atom. The number of benzene rings is 3. The lowest BCUT2D eigenvalue weighted by Gasteiger charge is -2.15. The number of hydrogen-bond acceptors (Lipinski definition) is 2. The summed E-state index contributed by atoms with van der Waals surface area (Å²) in [7, 11) is -4.43. The molecule has 0 saturated heterocycles. The first kappa shape index (κ1) is 14.1. The normalized spacial score (nSPS) is 12.0. The first-order chi connectivity index (χ1) is 10.0. The van der Waals surface area contributed by atoms with Gasteiger partial charge in [0.05, 0.1) is 6.61 Å². The van der Waals surface area contributed by atoms with Gasteiger partial charge >= 0.3 is 7.60 Å². The lowest BCUT2D eigenvalue weighted by atomic mass is 10.0. The molecule has 0 bridgehead atoms. The summed E-state index contributed by atoms with van der Waals surface area (Å²) in [6.45, 7) is 2.14. The van der Waals surface area contributed by atoms with Gasteiger partial charge in [-0.3, -0.25) is 4.57 Å². The predicted octanol–water partition coefficient (Wildman–Crippen LogP) is 3.19. The van der Waals surface area contributed by atoms with Gasteiger partial charge in [-0.15, -0.1) is 0 Å². The van der Waals surface area contributed by atoms with Crippen LogP contribution in [0.3, 0.4) is 0 Å². The van der Waals surface area contributed by atoms with Crippen molar-refractivity contribution in [3.8, 4) is 5.75 Å². The average molecular weight is 302 g/mol. The standard InChI is InChI=1S/C16H15O4P/c1-2-20-15-8-7-13-9-11-5-3-4-6-12(11)10-14(13)16(15)21(17,18)19/h3-10H,2H2,1H3,(H2,17,18,19). The molecule has 108 valence electrons. The molecule has 0 aromatic heterocycles. The number of ether oxygens (including phenoxy) is 1. The van der Waals surface area contributed by atoms with E-state index in [0.717, 1.165) is 16.2 Å². The first-order valence-corrected chi connectivity index (χ1v) is 8.26. The minimum Gasteiger partial charge on any atom is -0.493 e. The lowest BCUT2D eigenvalue weighted by molar-refractivity contribution is 0.339. The Labute approximate surface area is 122 Å². The quantitative estimate of drug-likeness (QED) is 0.576. The second-order valence-electron chi connectivity index (χ2n) is 4.81. The Balaban J connectivity index is 2.43.